The minimum absolute atomic E-state index is 0.521. The van der Waals surface area contributed by atoms with E-state index in [0.29, 0.717) is 17.1 Å². The van der Waals surface area contributed by atoms with Gasteiger partial charge < -0.3 is 8.83 Å². The van der Waals surface area contributed by atoms with E-state index in [1.54, 1.807) is 6.07 Å². The number of aryl methyl sites for hydroxylation is 2. The van der Waals surface area contributed by atoms with Crippen LogP contribution < -0.4 is 0 Å². The molecule has 0 saturated heterocycles. The van der Waals surface area contributed by atoms with E-state index in [-0.39, 0.29) is 0 Å². The van der Waals surface area contributed by atoms with E-state index in [9.17, 15) is 5.26 Å². The van der Waals surface area contributed by atoms with E-state index in [1.807, 2.05) is 50.2 Å². The first-order chi connectivity index (χ1) is 9.69. The van der Waals surface area contributed by atoms with Gasteiger partial charge in [-0.3, -0.25) is 0 Å². The average Bonchev–Trinajstić information content (AvgIpc) is 3.02. The number of hydrogen-bond acceptors (Lipinski definition) is 3. The normalized spacial score (nSPS) is 10.4. The van der Waals surface area contributed by atoms with Gasteiger partial charge in [-0.25, -0.2) is 0 Å². The summed E-state index contributed by atoms with van der Waals surface area (Å²) in [5.41, 5.74) is 2.31. The van der Waals surface area contributed by atoms with Gasteiger partial charge in [0.2, 0.25) is 0 Å². The van der Waals surface area contributed by atoms with E-state index >= 15 is 0 Å². The van der Waals surface area contributed by atoms with Crippen molar-refractivity contribution in [1.82, 2.24) is 0 Å². The van der Waals surface area contributed by atoms with Gasteiger partial charge in [-0.1, -0.05) is 30.3 Å². The van der Waals surface area contributed by atoms with E-state index in [4.69, 9.17) is 8.83 Å². The molecule has 3 aromatic rings. The molecule has 0 amide bonds. The van der Waals surface area contributed by atoms with Crippen molar-refractivity contribution in [3.63, 3.8) is 0 Å². The molecule has 3 heteroatoms. The van der Waals surface area contributed by atoms with Crippen LogP contribution in [-0.2, 0) is 0 Å². The zero-order valence-corrected chi connectivity index (χ0v) is 11.3. The SMILES string of the molecule is Cc1cc(-c2oc(-c3ccccc3)cc2C#N)c(C)o1. The van der Waals surface area contributed by atoms with Crippen LogP contribution in [0.15, 0.2) is 51.3 Å². The molecule has 3 nitrogen and oxygen atoms in total. The first kappa shape index (κ1) is 12.3. The maximum absolute atomic E-state index is 9.30. The number of benzene rings is 1. The van der Waals surface area contributed by atoms with E-state index in [2.05, 4.69) is 6.07 Å². The Morgan fingerprint density at radius 1 is 1.00 bits per heavy atom. The highest BCUT2D eigenvalue weighted by molar-refractivity contribution is 5.72. The highest BCUT2D eigenvalue weighted by Crippen LogP contribution is 2.35. The molecule has 0 aliphatic carbocycles. The fourth-order valence-electron chi connectivity index (χ4n) is 2.28. The third-order valence-corrected chi connectivity index (χ3v) is 3.20. The van der Waals surface area contributed by atoms with Crippen molar-refractivity contribution in [1.29, 1.82) is 5.26 Å². The predicted molar refractivity (Wildman–Crippen MR) is 76.0 cm³/mol. The topological polar surface area (TPSA) is 50.1 Å². The molecule has 2 aromatic heterocycles. The van der Waals surface area contributed by atoms with Gasteiger partial charge in [-0.15, -0.1) is 0 Å². The smallest absolute Gasteiger partial charge is 0.156 e. The van der Waals surface area contributed by atoms with Crippen LogP contribution in [0.25, 0.3) is 22.6 Å². The highest BCUT2D eigenvalue weighted by atomic mass is 16.4. The van der Waals surface area contributed by atoms with E-state index < -0.39 is 0 Å². The Balaban J connectivity index is 2.16. The number of nitriles is 1. The van der Waals surface area contributed by atoms with Crippen molar-refractivity contribution < 1.29 is 8.83 Å². The summed E-state index contributed by atoms with van der Waals surface area (Å²) in [6, 6.07) is 15.6. The van der Waals surface area contributed by atoms with Crippen LogP contribution in [-0.4, -0.2) is 0 Å². The van der Waals surface area contributed by atoms with Crippen LogP contribution in [0.4, 0.5) is 0 Å². The van der Waals surface area contributed by atoms with E-state index in [0.717, 1.165) is 22.6 Å². The molecule has 0 aliphatic rings. The molecule has 20 heavy (non-hydrogen) atoms. The quantitative estimate of drug-likeness (QED) is 0.673. The highest BCUT2D eigenvalue weighted by Gasteiger charge is 2.18. The number of hydrogen-bond donors (Lipinski definition) is 0. The van der Waals surface area contributed by atoms with Crippen LogP contribution in [0, 0.1) is 25.2 Å². The zero-order chi connectivity index (χ0) is 14.1. The molecular formula is C17H13NO2. The third kappa shape index (κ3) is 2.02. The summed E-state index contributed by atoms with van der Waals surface area (Å²) in [7, 11) is 0. The van der Waals surface area contributed by atoms with Gasteiger partial charge in [0, 0.05) is 11.6 Å². The summed E-state index contributed by atoms with van der Waals surface area (Å²) in [6.07, 6.45) is 0. The lowest BCUT2D eigenvalue weighted by atomic mass is 10.1. The molecule has 0 unspecified atom stereocenters. The van der Waals surface area contributed by atoms with Crippen molar-refractivity contribution in [2.24, 2.45) is 0 Å². The molecule has 3 rings (SSSR count). The molecule has 0 aliphatic heterocycles. The second-order valence-electron chi connectivity index (χ2n) is 4.66. The standard InChI is InChI=1S/C17H13NO2/c1-11-8-15(12(2)19-11)17-14(10-18)9-16(20-17)13-6-4-3-5-7-13/h3-9H,1-2H3. The summed E-state index contributed by atoms with van der Waals surface area (Å²) in [5, 5.41) is 9.30. The second-order valence-corrected chi connectivity index (χ2v) is 4.66. The Morgan fingerprint density at radius 2 is 1.75 bits per heavy atom. The maximum atomic E-state index is 9.30. The van der Waals surface area contributed by atoms with Crippen LogP contribution in [0.5, 0.6) is 0 Å². The Morgan fingerprint density at radius 3 is 2.35 bits per heavy atom. The molecule has 0 radical (unpaired) electrons. The predicted octanol–water partition coefficient (Wildman–Crippen LogP) is 4.70. The molecule has 1 aromatic carbocycles. The summed E-state index contributed by atoms with van der Waals surface area (Å²) in [5.74, 6) is 2.82. The fourth-order valence-corrected chi connectivity index (χ4v) is 2.28. The summed E-state index contributed by atoms with van der Waals surface area (Å²) < 4.78 is 11.4. The summed E-state index contributed by atoms with van der Waals surface area (Å²) in [4.78, 5) is 0. The number of furan rings is 2. The van der Waals surface area contributed by atoms with Gasteiger partial charge in [0.1, 0.15) is 23.3 Å². The maximum Gasteiger partial charge on any atom is 0.156 e. The number of nitrogens with zero attached hydrogens (tertiary/aromatic N) is 1. The first-order valence-corrected chi connectivity index (χ1v) is 6.36. The van der Waals surface area contributed by atoms with Crippen molar-refractivity contribution in [3.8, 4) is 28.7 Å². The lowest BCUT2D eigenvalue weighted by molar-refractivity contribution is 0.503. The molecule has 0 spiro atoms. The molecule has 0 N–H and O–H groups in total. The van der Waals surface area contributed by atoms with Crippen LogP contribution in [0.3, 0.4) is 0 Å². The Bertz CT molecular complexity index is 788. The van der Waals surface area contributed by atoms with Gasteiger partial charge in [-0.2, -0.15) is 5.26 Å². The lowest BCUT2D eigenvalue weighted by Crippen LogP contribution is -1.77. The molecular weight excluding hydrogens is 250 g/mol. The average molecular weight is 263 g/mol. The third-order valence-electron chi connectivity index (χ3n) is 3.20. The summed E-state index contributed by atoms with van der Waals surface area (Å²) in [6.45, 7) is 3.75. The summed E-state index contributed by atoms with van der Waals surface area (Å²) >= 11 is 0. The van der Waals surface area contributed by atoms with Crippen LogP contribution >= 0.6 is 0 Å². The van der Waals surface area contributed by atoms with Gasteiger partial charge in [0.15, 0.2) is 5.76 Å². The van der Waals surface area contributed by atoms with E-state index in [1.165, 1.54) is 0 Å². The first-order valence-electron chi connectivity index (χ1n) is 6.36. The van der Waals surface area contributed by atoms with Crippen molar-refractivity contribution in [2.45, 2.75) is 13.8 Å². The lowest BCUT2D eigenvalue weighted by Gasteiger charge is -1.96. The molecule has 98 valence electrons. The monoisotopic (exact) mass is 263 g/mol. The molecule has 0 atom stereocenters. The van der Waals surface area contributed by atoms with Gasteiger partial charge in [-0.05, 0) is 19.9 Å². The Labute approximate surface area is 117 Å². The van der Waals surface area contributed by atoms with Crippen molar-refractivity contribution >= 4 is 0 Å². The van der Waals surface area contributed by atoms with Gasteiger partial charge >= 0.3 is 0 Å². The largest absolute Gasteiger partial charge is 0.466 e. The Kier molecular flexibility index (Phi) is 2.92. The minimum atomic E-state index is 0.521. The van der Waals surface area contributed by atoms with Crippen molar-refractivity contribution in [3.05, 3.63) is 59.5 Å². The fraction of sp³-hybridized carbons (Fsp3) is 0.118. The second kappa shape index (κ2) is 4.75. The Hall–Kier alpha value is -2.73. The zero-order valence-electron chi connectivity index (χ0n) is 11.3. The van der Waals surface area contributed by atoms with Gasteiger partial charge in [0.05, 0.1) is 11.1 Å². The molecule has 2 heterocycles. The number of rotatable bonds is 2. The molecule has 0 fully saturated rings. The molecule has 0 saturated carbocycles. The van der Waals surface area contributed by atoms with Crippen LogP contribution in [0.2, 0.25) is 0 Å². The van der Waals surface area contributed by atoms with Crippen LogP contribution in [0.1, 0.15) is 17.1 Å². The van der Waals surface area contributed by atoms with Crippen molar-refractivity contribution in [2.75, 3.05) is 0 Å². The molecule has 0 bridgehead atoms. The van der Waals surface area contributed by atoms with Gasteiger partial charge in [0.25, 0.3) is 0 Å². The minimum Gasteiger partial charge on any atom is -0.466 e.